The van der Waals surface area contributed by atoms with E-state index in [1.807, 2.05) is 6.92 Å². The molecular formula is C20H28N2O3S. The van der Waals surface area contributed by atoms with Crippen LogP contribution < -0.4 is 5.43 Å². The molecule has 1 aromatic rings. The number of benzene rings is 1. The maximum atomic E-state index is 12.3. The van der Waals surface area contributed by atoms with Crippen LogP contribution in [0.3, 0.4) is 0 Å². The van der Waals surface area contributed by atoms with Gasteiger partial charge in [0.25, 0.3) is 0 Å². The molecule has 1 amide bonds. The molecule has 2 bridgehead atoms. The third-order valence-corrected chi connectivity index (χ3v) is 8.54. The van der Waals surface area contributed by atoms with Gasteiger partial charge in [0, 0.05) is 17.5 Å². The predicted molar refractivity (Wildman–Crippen MR) is 103 cm³/mol. The van der Waals surface area contributed by atoms with E-state index in [-0.39, 0.29) is 33.8 Å². The molecule has 26 heavy (non-hydrogen) atoms. The Bertz CT molecular complexity index is 840. The SMILES string of the molecule is Cc1ccc(S(=O)(=O)CCC(=O)N/N=C2/C[C@H]3CC[C@]2(C)C3(C)C)cc1. The number of hydrogen-bond donors (Lipinski definition) is 1. The number of carbonyl (C=O) groups excluding carboxylic acids is 1. The summed E-state index contributed by atoms with van der Waals surface area (Å²) in [5, 5.41) is 4.38. The van der Waals surface area contributed by atoms with Gasteiger partial charge in [-0.05, 0) is 49.7 Å². The van der Waals surface area contributed by atoms with Crippen LogP contribution in [0.1, 0.15) is 52.0 Å². The van der Waals surface area contributed by atoms with E-state index in [2.05, 4.69) is 31.3 Å². The lowest BCUT2D eigenvalue weighted by molar-refractivity contribution is -0.120. The number of sulfone groups is 1. The molecule has 2 aliphatic carbocycles. The van der Waals surface area contributed by atoms with Crippen molar-refractivity contribution in [2.75, 3.05) is 5.75 Å². The van der Waals surface area contributed by atoms with E-state index in [0.29, 0.717) is 5.92 Å². The Kier molecular flexibility index (Phi) is 4.76. The van der Waals surface area contributed by atoms with Gasteiger partial charge in [-0.3, -0.25) is 4.79 Å². The van der Waals surface area contributed by atoms with Gasteiger partial charge in [-0.15, -0.1) is 0 Å². The van der Waals surface area contributed by atoms with Crippen molar-refractivity contribution in [3.05, 3.63) is 29.8 Å². The van der Waals surface area contributed by atoms with Gasteiger partial charge in [0.15, 0.2) is 9.84 Å². The van der Waals surface area contributed by atoms with E-state index in [1.165, 1.54) is 6.42 Å². The minimum absolute atomic E-state index is 0.0267. The topological polar surface area (TPSA) is 75.6 Å². The smallest absolute Gasteiger partial charge is 0.241 e. The zero-order valence-corrected chi connectivity index (χ0v) is 16.8. The lowest BCUT2D eigenvalue weighted by Gasteiger charge is -2.34. The molecule has 0 heterocycles. The maximum absolute atomic E-state index is 12.3. The summed E-state index contributed by atoms with van der Waals surface area (Å²) < 4.78 is 24.7. The Labute approximate surface area is 156 Å². The van der Waals surface area contributed by atoms with Crippen LogP contribution in [0.15, 0.2) is 34.3 Å². The number of carbonyl (C=O) groups is 1. The Hall–Kier alpha value is -1.69. The monoisotopic (exact) mass is 376 g/mol. The van der Waals surface area contributed by atoms with E-state index in [9.17, 15) is 13.2 Å². The Morgan fingerprint density at radius 3 is 2.42 bits per heavy atom. The van der Waals surface area contributed by atoms with E-state index in [1.54, 1.807) is 24.3 Å². The highest BCUT2D eigenvalue weighted by molar-refractivity contribution is 7.91. The number of aryl methyl sites for hydroxylation is 1. The van der Waals surface area contributed by atoms with E-state index in [0.717, 1.165) is 24.1 Å². The van der Waals surface area contributed by atoms with Crippen molar-refractivity contribution >= 4 is 21.5 Å². The maximum Gasteiger partial charge on any atom is 0.241 e. The lowest BCUT2D eigenvalue weighted by atomic mass is 9.70. The number of nitrogens with one attached hydrogen (secondary N) is 1. The van der Waals surface area contributed by atoms with Gasteiger partial charge < -0.3 is 0 Å². The average Bonchev–Trinajstić information content (AvgIpc) is 2.92. The van der Waals surface area contributed by atoms with Crippen molar-refractivity contribution in [1.82, 2.24) is 5.43 Å². The molecule has 2 saturated carbocycles. The van der Waals surface area contributed by atoms with Crippen molar-refractivity contribution in [3.8, 4) is 0 Å². The highest BCUT2D eigenvalue weighted by Gasteiger charge is 2.60. The Morgan fingerprint density at radius 1 is 1.23 bits per heavy atom. The first kappa shape index (κ1) is 19.1. The largest absolute Gasteiger partial charge is 0.273 e. The quantitative estimate of drug-likeness (QED) is 0.800. The van der Waals surface area contributed by atoms with Crippen LogP contribution in [0.4, 0.5) is 0 Å². The van der Waals surface area contributed by atoms with Crippen LogP contribution in [-0.2, 0) is 14.6 Å². The normalized spacial score (nSPS) is 28.5. The fourth-order valence-corrected chi connectivity index (χ4v) is 5.61. The molecule has 0 saturated heterocycles. The van der Waals surface area contributed by atoms with Crippen LogP contribution in [0.5, 0.6) is 0 Å². The lowest BCUT2D eigenvalue weighted by Crippen LogP contribution is -2.34. The summed E-state index contributed by atoms with van der Waals surface area (Å²) in [5.74, 6) is 0.0560. The molecule has 0 aliphatic heterocycles. The van der Waals surface area contributed by atoms with Crippen LogP contribution in [0.2, 0.25) is 0 Å². The molecule has 1 N–H and O–H groups in total. The average molecular weight is 377 g/mol. The first-order chi connectivity index (χ1) is 12.1. The first-order valence-corrected chi connectivity index (χ1v) is 10.9. The summed E-state index contributed by atoms with van der Waals surface area (Å²) in [4.78, 5) is 12.4. The zero-order valence-electron chi connectivity index (χ0n) is 16.0. The van der Waals surface area contributed by atoms with Crippen molar-refractivity contribution in [3.63, 3.8) is 0 Å². The highest BCUT2D eigenvalue weighted by Crippen LogP contribution is 2.63. The second-order valence-corrected chi connectivity index (χ2v) is 10.6. The standard InChI is InChI=1S/C20H28N2O3S/c1-14-5-7-16(8-6-14)26(24,25)12-10-18(23)22-21-17-13-15-9-11-20(17,4)19(15,2)3/h5-8,15H,9-13H2,1-4H3,(H,22,23)/b21-17-/t15-,20+/m1/s1. The zero-order chi connectivity index (χ0) is 19.2. The molecule has 0 spiro atoms. The fourth-order valence-electron chi connectivity index (χ4n) is 4.37. The second kappa shape index (κ2) is 6.48. The van der Waals surface area contributed by atoms with Gasteiger partial charge in [-0.2, -0.15) is 5.10 Å². The molecule has 6 heteroatoms. The summed E-state index contributed by atoms with van der Waals surface area (Å²) in [6.45, 7) is 8.69. The van der Waals surface area contributed by atoms with Gasteiger partial charge in [0.05, 0.1) is 10.6 Å². The van der Waals surface area contributed by atoms with Gasteiger partial charge in [-0.1, -0.05) is 38.5 Å². The number of rotatable bonds is 5. The van der Waals surface area contributed by atoms with Crippen molar-refractivity contribution < 1.29 is 13.2 Å². The van der Waals surface area contributed by atoms with E-state index in [4.69, 9.17) is 0 Å². The summed E-state index contributed by atoms with van der Waals surface area (Å²) in [7, 11) is -3.46. The van der Waals surface area contributed by atoms with Crippen LogP contribution in [-0.4, -0.2) is 25.8 Å². The number of nitrogens with zero attached hydrogens (tertiary/aromatic N) is 1. The minimum Gasteiger partial charge on any atom is -0.273 e. The number of hydrazone groups is 1. The van der Waals surface area contributed by atoms with Gasteiger partial charge >= 0.3 is 0 Å². The molecule has 0 aromatic heterocycles. The van der Waals surface area contributed by atoms with Crippen LogP contribution in [0.25, 0.3) is 0 Å². The summed E-state index contributed by atoms with van der Waals surface area (Å²) in [6, 6.07) is 6.69. The van der Waals surface area contributed by atoms with Gasteiger partial charge in [0.1, 0.15) is 0 Å². The number of hydrogen-bond acceptors (Lipinski definition) is 4. The molecule has 2 fully saturated rings. The highest BCUT2D eigenvalue weighted by atomic mass is 32.2. The van der Waals surface area contributed by atoms with Crippen molar-refractivity contribution in [1.29, 1.82) is 0 Å². The summed E-state index contributed by atoms with van der Waals surface area (Å²) >= 11 is 0. The van der Waals surface area contributed by atoms with Crippen LogP contribution in [0, 0.1) is 23.7 Å². The first-order valence-electron chi connectivity index (χ1n) is 9.21. The molecule has 2 atom stereocenters. The Balaban J connectivity index is 1.59. The molecule has 0 unspecified atom stereocenters. The third-order valence-electron chi connectivity index (χ3n) is 6.81. The fraction of sp³-hybridized carbons (Fsp3) is 0.600. The third kappa shape index (κ3) is 3.20. The molecule has 2 aliphatic rings. The summed E-state index contributed by atoms with van der Waals surface area (Å²) in [5.41, 5.74) is 4.87. The number of fused-ring (bicyclic) bond motifs is 2. The molecule has 5 nitrogen and oxygen atoms in total. The summed E-state index contributed by atoms with van der Waals surface area (Å²) in [6.07, 6.45) is 3.15. The molecule has 1 aromatic carbocycles. The molecule has 142 valence electrons. The number of amides is 1. The van der Waals surface area contributed by atoms with Gasteiger partial charge in [-0.25, -0.2) is 13.8 Å². The molecule has 3 rings (SSSR count). The molecule has 0 radical (unpaired) electrons. The minimum atomic E-state index is -3.46. The van der Waals surface area contributed by atoms with Crippen molar-refractivity contribution in [2.24, 2.45) is 21.8 Å². The Morgan fingerprint density at radius 2 is 1.88 bits per heavy atom. The van der Waals surface area contributed by atoms with E-state index < -0.39 is 9.84 Å². The predicted octanol–water partition coefficient (Wildman–Crippen LogP) is 3.48. The van der Waals surface area contributed by atoms with E-state index >= 15 is 0 Å². The van der Waals surface area contributed by atoms with Crippen LogP contribution >= 0.6 is 0 Å². The van der Waals surface area contributed by atoms with Crippen molar-refractivity contribution in [2.45, 2.75) is 58.3 Å². The molecular weight excluding hydrogens is 348 g/mol. The second-order valence-electron chi connectivity index (χ2n) is 8.47. The van der Waals surface area contributed by atoms with Gasteiger partial charge in [0.2, 0.25) is 5.91 Å².